The van der Waals surface area contributed by atoms with Gasteiger partial charge >= 0.3 is 0 Å². The van der Waals surface area contributed by atoms with E-state index in [9.17, 15) is 13.6 Å². The molecule has 1 aromatic carbocycles. The van der Waals surface area contributed by atoms with Crippen molar-refractivity contribution in [2.75, 3.05) is 7.11 Å². The molecular weight excluding hydrogens is 244 g/mol. The van der Waals surface area contributed by atoms with Gasteiger partial charge in [0, 0.05) is 5.56 Å². The van der Waals surface area contributed by atoms with Crippen molar-refractivity contribution in [3.05, 3.63) is 35.5 Å². The van der Waals surface area contributed by atoms with Crippen LogP contribution in [0.4, 0.5) is 8.78 Å². The first-order valence-corrected chi connectivity index (χ1v) is 4.91. The largest absolute Gasteiger partial charge is 0.491 e. The lowest BCUT2D eigenvalue weighted by Crippen LogP contribution is -2.10. The highest BCUT2D eigenvalue weighted by molar-refractivity contribution is 5.91. The molecule has 0 bridgehead atoms. The lowest BCUT2D eigenvalue weighted by Gasteiger charge is -2.04. The van der Waals surface area contributed by atoms with E-state index in [4.69, 9.17) is 5.73 Å². The van der Waals surface area contributed by atoms with E-state index in [0.717, 1.165) is 12.1 Å². The Morgan fingerprint density at radius 2 is 1.94 bits per heavy atom. The molecule has 5 nitrogen and oxygen atoms in total. The summed E-state index contributed by atoms with van der Waals surface area (Å²) < 4.78 is 31.5. The van der Waals surface area contributed by atoms with Gasteiger partial charge in [-0.1, -0.05) is 0 Å². The highest BCUT2D eigenvalue weighted by Crippen LogP contribution is 2.27. The second-order valence-electron chi connectivity index (χ2n) is 3.50. The van der Waals surface area contributed by atoms with Crippen LogP contribution in [0.3, 0.4) is 0 Å². The Labute approximate surface area is 101 Å². The SMILES string of the molecule is COc1c(F)cc(-c2cc(C(N)=O)[nH]n2)cc1F. The minimum Gasteiger partial charge on any atom is -0.491 e. The van der Waals surface area contributed by atoms with E-state index >= 15 is 0 Å². The number of halogens is 2. The summed E-state index contributed by atoms with van der Waals surface area (Å²) in [6, 6.07) is 3.43. The molecule has 0 aliphatic rings. The number of primary amides is 1. The Morgan fingerprint density at radius 1 is 1.33 bits per heavy atom. The number of hydrogen-bond acceptors (Lipinski definition) is 3. The molecule has 2 aromatic rings. The summed E-state index contributed by atoms with van der Waals surface area (Å²) >= 11 is 0. The molecule has 1 amide bonds. The fourth-order valence-corrected chi connectivity index (χ4v) is 1.50. The predicted molar refractivity (Wildman–Crippen MR) is 59.0 cm³/mol. The first kappa shape index (κ1) is 12.0. The van der Waals surface area contributed by atoms with Gasteiger partial charge in [-0.15, -0.1) is 0 Å². The van der Waals surface area contributed by atoms with E-state index in [1.54, 1.807) is 0 Å². The summed E-state index contributed by atoms with van der Waals surface area (Å²) in [5, 5.41) is 6.12. The lowest BCUT2D eigenvalue weighted by molar-refractivity contribution is 0.0995. The van der Waals surface area contributed by atoms with Crippen LogP contribution in [0.2, 0.25) is 0 Å². The fraction of sp³-hybridized carbons (Fsp3) is 0.0909. The Kier molecular flexibility index (Phi) is 2.97. The maximum absolute atomic E-state index is 13.5. The lowest BCUT2D eigenvalue weighted by atomic mass is 10.1. The highest BCUT2D eigenvalue weighted by atomic mass is 19.1. The molecule has 0 saturated carbocycles. The maximum Gasteiger partial charge on any atom is 0.266 e. The number of aromatic nitrogens is 2. The van der Waals surface area contributed by atoms with Crippen molar-refractivity contribution in [3.8, 4) is 17.0 Å². The molecule has 1 heterocycles. The molecule has 1 aromatic heterocycles. The van der Waals surface area contributed by atoms with Gasteiger partial charge in [0.05, 0.1) is 12.8 Å². The smallest absolute Gasteiger partial charge is 0.266 e. The van der Waals surface area contributed by atoms with Crippen molar-refractivity contribution in [1.29, 1.82) is 0 Å². The Hall–Kier alpha value is -2.44. The van der Waals surface area contributed by atoms with Gasteiger partial charge in [0.1, 0.15) is 5.69 Å². The molecule has 0 fully saturated rings. The van der Waals surface area contributed by atoms with E-state index in [0.29, 0.717) is 0 Å². The molecule has 18 heavy (non-hydrogen) atoms. The van der Waals surface area contributed by atoms with Crippen LogP contribution >= 0.6 is 0 Å². The van der Waals surface area contributed by atoms with Crippen LogP contribution in [0.15, 0.2) is 18.2 Å². The van der Waals surface area contributed by atoms with E-state index in [1.807, 2.05) is 0 Å². The number of nitrogens with zero attached hydrogens (tertiary/aromatic N) is 1. The number of ether oxygens (including phenoxy) is 1. The van der Waals surface area contributed by atoms with Crippen molar-refractivity contribution in [1.82, 2.24) is 10.2 Å². The van der Waals surface area contributed by atoms with Gasteiger partial charge in [0.15, 0.2) is 17.4 Å². The van der Waals surface area contributed by atoms with Gasteiger partial charge < -0.3 is 10.5 Å². The number of amides is 1. The van der Waals surface area contributed by atoms with Crippen molar-refractivity contribution in [2.24, 2.45) is 5.73 Å². The van der Waals surface area contributed by atoms with Gasteiger partial charge in [0.2, 0.25) is 0 Å². The van der Waals surface area contributed by atoms with E-state index in [-0.39, 0.29) is 17.0 Å². The van der Waals surface area contributed by atoms with Gasteiger partial charge in [-0.2, -0.15) is 5.10 Å². The van der Waals surface area contributed by atoms with Crippen LogP contribution in [0.5, 0.6) is 5.75 Å². The Morgan fingerprint density at radius 3 is 2.39 bits per heavy atom. The molecule has 0 spiro atoms. The fourth-order valence-electron chi connectivity index (χ4n) is 1.50. The molecule has 0 atom stereocenters. The third kappa shape index (κ3) is 2.02. The summed E-state index contributed by atoms with van der Waals surface area (Å²) in [7, 11) is 1.17. The second kappa shape index (κ2) is 4.44. The number of benzene rings is 1. The number of carbonyl (C=O) groups is 1. The predicted octanol–water partition coefficient (Wildman–Crippen LogP) is 1.46. The zero-order valence-electron chi connectivity index (χ0n) is 9.33. The van der Waals surface area contributed by atoms with E-state index in [2.05, 4.69) is 14.9 Å². The molecule has 0 saturated heterocycles. The molecule has 0 radical (unpaired) electrons. The van der Waals surface area contributed by atoms with Crippen molar-refractivity contribution < 1.29 is 18.3 Å². The van der Waals surface area contributed by atoms with Gasteiger partial charge in [0.25, 0.3) is 5.91 Å². The van der Waals surface area contributed by atoms with Crippen LogP contribution in [0.1, 0.15) is 10.5 Å². The third-order valence-corrected chi connectivity index (χ3v) is 2.34. The normalized spacial score (nSPS) is 10.4. The van der Waals surface area contributed by atoms with Crippen LogP contribution in [0.25, 0.3) is 11.3 Å². The summed E-state index contributed by atoms with van der Waals surface area (Å²) in [5.74, 6) is -2.88. The number of carbonyl (C=O) groups excluding carboxylic acids is 1. The summed E-state index contributed by atoms with van der Waals surface area (Å²) in [4.78, 5) is 10.9. The quantitative estimate of drug-likeness (QED) is 0.868. The first-order chi connectivity index (χ1) is 8.52. The standard InChI is InChI=1S/C11H9F2N3O2/c1-18-10-6(12)2-5(3-7(10)13)8-4-9(11(14)17)16-15-8/h2-4H,1H3,(H2,14,17)(H,15,16). The molecule has 7 heteroatoms. The average molecular weight is 253 g/mol. The molecule has 3 N–H and O–H groups in total. The molecular formula is C11H9F2N3O2. The minimum atomic E-state index is -0.851. The van der Waals surface area contributed by atoms with Crippen LogP contribution in [-0.4, -0.2) is 23.2 Å². The summed E-state index contributed by atoms with van der Waals surface area (Å²) in [6.45, 7) is 0. The summed E-state index contributed by atoms with van der Waals surface area (Å²) in [5.41, 5.74) is 5.48. The second-order valence-corrected chi connectivity index (χ2v) is 3.50. The first-order valence-electron chi connectivity index (χ1n) is 4.91. The summed E-state index contributed by atoms with van der Waals surface area (Å²) in [6.07, 6.45) is 0. The Balaban J connectivity index is 2.47. The topological polar surface area (TPSA) is 81.0 Å². The maximum atomic E-state index is 13.5. The van der Waals surface area contributed by atoms with E-state index < -0.39 is 23.3 Å². The number of H-pyrrole nitrogens is 1. The number of hydrogen-bond donors (Lipinski definition) is 2. The minimum absolute atomic E-state index is 0.0571. The number of rotatable bonds is 3. The van der Waals surface area contributed by atoms with Crippen LogP contribution in [-0.2, 0) is 0 Å². The third-order valence-electron chi connectivity index (χ3n) is 2.34. The molecule has 0 unspecified atom stereocenters. The van der Waals surface area contributed by atoms with Gasteiger partial charge in [-0.05, 0) is 18.2 Å². The van der Waals surface area contributed by atoms with Crippen molar-refractivity contribution in [3.63, 3.8) is 0 Å². The number of methoxy groups -OCH3 is 1. The van der Waals surface area contributed by atoms with Crippen LogP contribution < -0.4 is 10.5 Å². The van der Waals surface area contributed by atoms with Crippen molar-refractivity contribution in [2.45, 2.75) is 0 Å². The van der Waals surface area contributed by atoms with E-state index in [1.165, 1.54) is 13.2 Å². The molecule has 0 aliphatic carbocycles. The van der Waals surface area contributed by atoms with Crippen molar-refractivity contribution >= 4 is 5.91 Å². The molecule has 0 aliphatic heterocycles. The molecule has 2 rings (SSSR count). The number of nitrogens with two attached hydrogens (primary N) is 1. The molecule has 94 valence electrons. The Bertz CT molecular complexity index is 587. The highest BCUT2D eigenvalue weighted by Gasteiger charge is 2.15. The monoisotopic (exact) mass is 253 g/mol. The number of aromatic amines is 1. The zero-order valence-corrected chi connectivity index (χ0v) is 9.33. The van der Waals surface area contributed by atoms with Crippen LogP contribution in [0, 0.1) is 11.6 Å². The van der Waals surface area contributed by atoms with Gasteiger partial charge in [-0.3, -0.25) is 9.89 Å². The van der Waals surface area contributed by atoms with Gasteiger partial charge in [-0.25, -0.2) is 8.78 Å². The number of nitrogens with one attached hydrogen (secondary N) is 1. The average Bonchev–Trinajstić information content (AvgIpc) is 2.77. The zero-order chi connectivity index (χ0) is 13.3.